The number of halogens is 24. The SMILES string of the molecule is C1=CCCC=CCC1.Cc1cc(C)c([N+]2=C[CH-][NH+](c3c(C)cc(C)cc3C)[CH-]2)c(C)c1.FC(F)(F)c1cc([B-](c2cc(C(F)(F)F)cc(C(F)(F)F)c2)(c2cc(C(F)(F)F)cc(C(F)(F)F)c2)c2cc(C(F)(F)F)cc(C(F)(F)F)c2)cc(C(F)(F)F)c1.[Ir].c1ccc(P(c2ccccc2)c2ccccc2)cc1. The van der Waals surface area contributed by atoms with Gasteiger partial charge in [0.05, 0.1) is 44.5 Å². The van der Waals surface area contributed by atoms with Crippen LogP contribution in [0.1, 0.15) is 104 Å². The van der Waals surface area contributed by atoms with Gasteiger partial charge in [-0.05, 0) is 133 Å². The first kappa shape index (κ1) is 86.5. The quantitative estimate of drug-likeness (QED) is 0.0368. The van der Waals surface area contributed by atoms with E-state index in [1.807, 2.05) is 0 Å². The summed E-state index contributed by atoms with van der Waals surface area (Å²) in [6.45, 7) is 17.6. The van der Waals surface area contributed by atoms with Crippen LogP contribution in [0.15, 0.2) is 212 Å². The zero-order valence-corrected chi connectivity index (χ0v) is 60.9. The number of nitrogens with one attached hydrogen (secondary N) is 1. The molecule has 29 heteroatoms. The maximum atomic E-state index is 14.2. The van der Waals surface area contributed by atoms with Gasteiger partial charge in [0.25, 0.3) is 0 Å². The van der Waals surface area contributed by atoms with E-state index in [2.05, 4.69) is 205 Å². The summed E-state index contributed by atoms with van der Waals surface area (Å²) in [7, 11) is -0.446. The number of nitrogens with zero attached hydrogens (tertiary/aromatic N) is 1. The Balaban J connectivity index is 0.000000255. The molecule has 1 heterocycles. The number of quaternary nitrogens is 1. The minimum atomic E-state index is -6.13. The van der Waals surface area contributed by atoms with Crippen LogP contribution in [0.4, 0.5) is 117 Å². The van der Waals surface area contributed by atoms with Crippen molar-refractivity contribution in [2.24, 2.45) is 0 Å². The van der Waals surface area contributed by atoms with E-state index in [1.54, 1.807) is 0 Å². The summed E-state index contributed by atoms with van der Waals surface area (Å²) in [5, 5.41) is 4.19. The van der Waals surface area contributed by atoms with Gasteiger partial charge in [0.2, 0.25) is 6.67 Å². The second-order valence-electron chi connectivity index (χ2n) is 25.5. The van der Waals surface area contributed by atoms with Crippen molar-refractivity contribution >= 4 is 69.4 Å². The number of allylic oxidation sites excluding steroid dienone is 4. The van der Waals surface area contributed by atoms with Crippen LogP contribution >= 0.6 is 7.92 Å². The van der Waals surface area contributed by atoms with E-state index in [1.165, 1.54) is 91.3 Å². The zero-order valence-electron chi connectivity index (χ0n) is 57.6. The van der Waals surface area contributed by atoms with E-state index in [4.69, 9.17) is 0 Å². The van der Waals surface area contributed by atoms with Crippen LogP contribution in [0.5, 0.6) is 0 Å². The van der Waals surface area contributed by atoms with Crippen molar-refractivity contribution in [3.63, 3.8) is 0 Å². The molecule has 1 aliphatic carbocycles. The van der Waals surface area contributed by atoms with Gasteiger partial charge in [-0.25, -0.2) is 0 Å². The Kier molecular flexibility index (Phi) is 27.3. The molecule has 2 aliphatic rings. The smallest absolute Gasteiger partial charge is 0.387 e. The first-order valence-electron chi connectivity index (χ1n) is 32.5. The molecule has 0 fully saturated rings. The topological polar surface area (TPSA) is 7.45 Å². The summed E-state index contributed by atoms with van der Waals surface area (Å²) in [6.07, 6.45) is -38.6. The Bertz CT molecular complexity index is 4060. The van der Waals surface area contributed by atoms with Gasteiger partial charge in [-0.2, -0.15) is 134 Å². The van der Waals surface area contributed by atoms with Gasteiger partial charge in [0.15, 0.2) is 0 Å². The fraction of sp³-hybridized carbons (Fsp3) is 0.228. The molecule has 0 saturated carbocycles. The maximum absolute atomic E-state index is 14.2. The van der Waals surface area contributed by atoms with E-state index in [0.29, 0.717) is 0 Å². The van der Waals surface area contributed by atoms with Gasteiger partial charge in [-0.1, -0.05) is 199 Å². The van der Waals surface area contributed by atoms with Gasteiger partial charge < -0.3 is 9.48 Å². The van der Waals surface area contributed by atoms with Gasteiger partial charge >= 0.3 is 49.4 Å². The number of rotatable bonds is 9. The zero-order chi connectivity index (χ0) is 79.2. The average Bonchev–Trinajstić information content (AvgIpc) is 0.760. The molecule has 1 aliphatic heterocycles. The van der Waals surface area contributed by atoms with Gasteiger partial charge in [-0.3, -0.25) is 0 Å². The summed E-state index contributed by atoms with van der Waals surface area (Å²) < 4.78 is 343. The molecule has 1 atom stereocenters. The van der Waals surface area contributed by atoms with E-state index < -0.39 is 203 Å². The Morgan fingerprint density at radius 1 is 0.315 bits per heavy atom. The van der Waals surface area contributed by atoms with Crippen LogP contribution in [0.2, 0.25) is 0 Å². The molecule has 0 saturated heterocycles. The van der Waals surface area contributed by atoms with E-state index in [9.17, 15) is 105 Å². The number of hydrogen-bond donors (Lipinski definition) is 1. The van der Waals surface area contributed by atoms with Crippen LogP contribution in [-0.4, -0.2) is 16.9 Å². The van der Waals surface area contributed by atoms with Crippen molar-refractivity contribution in [1.82, 2.24) is 0 Å². The number of aryl methyl sites for hydroxylation is 6. The monoisotopic (exact) mass is 1730 g/mol. The molecule has 0 bridgehead atoms. The minimum Gasteiger partial charge on any atom is -0.387 e. The van der Waals surface area contributed by atoms with Crippen molar-refractivity contribution in [3.05, 3.63) is 303 Å². The summed E-state index contributed by atoms with van der Waals surface area (Å²) in [6, 6.07) is 32.6. The van der Waals surface area contributed by atoms with Crippen molar-refractivity contribution < 1.29 is 135 Å². The third kappa shape index (κ3) is 21.6. The predicted molar refractivity (Wildman–Crippen MR) is 368 cm³/mol. The molecule has 0 amide bonds. The normalized spacial score (nSPS) is 14.5. The Morgan fingerprint density at radius 3 is 0.759 bits per heavy atom. The molecular weight excluding hydrogens is 1670 g/mol. The maximum Gasteiger partial charge on any atom is 0.416 e. The molecule has 108 heavy (non-hydrogen) atoms. The fourth-order valence-electron chi connectivity index (χ4n) is 13.0. The summed E-state index contributed by atoms with van der Waals surface area (Å²) in [5.41, 5.74) is -19.6. The van der Waals surface area contributed by atoms with Crippen LogP contribution in [0, 0.1) is 54.8 Å². The molecule has 0 spiro atoms. The summed E-state index contributed by atoms with van der Waals surface area (Å²) in [5.74, 6) is 0. The minimum absolute atomic E-state index is 0. The molecule has 2 nitrogen and oxygen atoms in total. The summed E-state index contributed by atoms with van der Waals surface area (Å²) >= 11 is 0. The molecule has 1 unspecified atom stereocenters. The number of benzene rings is 9. The third-order valence-electron chi connectivity index (χ3n) is 17.4. The van der Waals surface area contributed by atoms with Gasteiger partial charge in [0.1, 0.15) is 17.5 Å². The molecular formula is C79H65BF24IrN2P-. The van der Waals surface area contributed by atoms with Crippen molar-refractivity contribution in [2.75, 3.05) is 0 Å². The number of alkyl halides is 24. The first-order chi connectivity index (χ1) is 49.6. The molecule has 1 radical (unpaired) electrons. The second kappa shape index (κ2) is 34.1. The standard InChI is InChI=1S/C32H12BF24.C21H26N2.C18H15P.C8H12.Ir/c34-25(35,36)13-1-14(26(37,38)39)6-21(5-13)33(22-7-15(27(40,41)42)2-16(8-22)28(43,44)45,23-9-17(29(46,47)48)3-18(10-23)30(49,50)51)24-11-19(31(52,53)54)4-20(12-24)32(55,56)57;1-14-9-16(3)20(17(4)10-14)22-7-8-23(13-22)21-18(5)11-15(2)12-19(21)6;1-4-10-16(11-5-1)19(17-12-6-2-7-13-17)18-14-8-3-9-15-18;1-2-4-6-8-7-5-3-1;/h1-12H;7-13,22H,1-6H3;1-15H;1-2,7-8H,3-6H2;/q-1;;;;. The molecule has 577 valence electrons. The predicted octanol–water partition coefficient (Wildman–Crippen LogP) is 21.1. The molecule has 11 rings (SSSR count). The molecule has 0 aromatic heterocycles. The Hall–Kier alpha value is -8.71. The number of hydrogen-bond acceptors (Lipinski definition) is 0. The average molecular weight is 1730 g/mol. The van der Waals surface area contributed by atoms with Crippen LogP contribution in [-0.2, 0) is 69.5 Å². The van der Waals surface area contributed by atoms with E-state index >= 15 is 0 Å². The molecule has 9 aromatic rings. The first-order valence-corrected chi connectivity index (χ1v) is 33.9. The Morgan fingerprint density at radius 2 is 0.537 bits per heavy atom. The second-order valence-corrected chi connectivity index (χ2v) is 27.7. The third-order valence-corrected chi connectivity index (χ3v) is 19.8. The van der Waals surface area contributed by atoms with Crippen molar-refractivity contribution in [3.8, 4) is 0 Å². The van der Waals surface area contributed by atoms with Crippen molar-refractivity contribution in [1.29, 1.82) is 0 Å². The Labute approximate surface area is 621 Å². The van der Waals surface area contributed by atoms with Crippen LogP contribution in [0.3, 0.4) is 0 Å². The fourth-order valence-corrected chi connectivity index (χ4v) is 15.3. The van der Waals surface area contributed by atoms with E-state index in [0.717, 1.165) is 0 Å². The van der Waals surface area contributed by atoms with Crippen molar-refractivity contribution in [2.45, 2.75) is 117 Å². The largest absolute Gasteiger partial charge is 0.416 e. The van der Waals surface area contributed by atoms with Gasteiger partial charge in [-0.15, -0.1) is 0 Å². The van der Waals surface area contributed by atoms with E-state index in [-0.39, 0.29) is 20.1 Å². The van der Waals surface area contributed by atoms with Crippen LogP contribution in [0.25, 0.3) is 0 Å². The summed E-state index contributed by atoms with van der Waals surface area (Å²) in [4.78, 5) is 1.29. The molecule has 9 aromatic carbocycles. The van der Waals surface area contributed by atoms with Crippen LogP contribution < -0.4 is 42.7 Å². The molecule has 1 N–H and O–H groups in total. The van der Waals surface area contributed by atoms with Gasteiger partial charge in [0, 0.05) is 31.2 Å².